The maximum atomic E-state index is 10.5. The third-order valence-electron chi connectivity index (χ3n) is 1.56. The minimum Gasteiger partial charge on any atom is -0.494 e. The molecule has 0 aliphatic rings. The number of rotatable bonds is 2. The fourth-order valence-electron chi connectivity index (χ4n) is 1.01. The number of primary amides is 1. The van der Waals surface area contributed by atoms with Crippen LogP contribution in [0.4, 0.5) is 10.5 Å². The maximum Gasteiger partial charge on any atom is 0.338 e. The highest BCUT2D eigenvalue weighted by molar-refractivity contribution is 5.79. The zero-order valence-electron chi connectivity index (χ0n) is 7.57. The van der Waals surface area contributed by atoms with E-state index in [0.717, 1.165) is 5.56 Å². The average molecular weight is 179 g/mol. The van der Waals surface area contributed by atoms with Crippen molar-refractivity contribution in [1.82, 2.24) is 5.32 Å². The van der Waals surface area contributed by atoms with Crippen molar-refractivity contribution in [2.24, 2.45) is 5.73 Å². The Morgan fingerprint density at radius 2 is 2.23 bits per heavy atom. The van der Waals surface area contributed by atoms with E-state index in [9.17, 15) is 4.79 Å². The highest BCUT2D eigenvalue weighted by Gasteiger charge is 2.06. The summed E-state index contributed by atoms with van der Waals surface area (Å²) in [6, 6.07) is 4.64. The molecule has 0 aliphatic heterocycles. The van der Waals surface area contributed by atoms with Crippen LogP contribution in [0.1, 0.15) is 5.56 Å². The van der Waals surface area contributed by atoms with E-state index in [4.69, 9.17) is 10.5 Å². The molecule has 1 radical (unpaired) electrons. The molecular weight excluding hydrogens is 168 g/mol. The van der Waals surface area contributed by atoms with Gasteiger partial charge in [-0.1, -0.05) is 6.07 Å². The first kappa shape index (κ1) is 9.38. The van der Waals surface area contributed by atoms with Gasteiger partial charge < -0.3 is 10.5 Å². The van der Waals surface area contributed by atoms with Crippen LogP contribution >= 0.6 is 0 Å². The lowest BCUT2D eigenvalue weighted by Crippen LogP contribution is -2.18. The molecule has 4 heteroatoms. The van der Waals surface area contributed by atoms with E-state index >= 15 is 0 Å². The van der Waals surface area contributed by atoms with Crippen molar-refractivity contribution in [1.29, 1.82) is 0 Å². The third kappa shape index (κ3) is 2.37. The van der Waals surface area contributed by atoms with E-state index < -0.39 is 6.03 Å². The van der Waals surface area contributed by atoms with Crippen molar-refractivity contribution in [2.75, 3.05) is 7.11 Å². The number of amides is 2. The van der Waals surface area contributed by atoms with Gasteiger partial charge in [-0.05, 0) is 24.6 Å². The van der Waals surface area contributed by atoms with Crippen molar-refractivity contribution < 1.29 is 9.53 Å². The van der Waals surface area contributed by atoms with E-state index in [1.807, 2.05) is 13.0 Å². The molecule has 0 aromatic heterocycles. The fourth-order valence-corrected chi connectivity index (χ4v) is 1.01. The van der Waals surface area contributed by atoms with Gasteiger partial charge in [0.15, 0.2) is 0 Å². The van der Waals surface area contributed by atoms with Crippen LogP contribution in [0.5, 0.6) is 5.75 Å². The normalized spacial score (nSPS) is 9.38. The van der Waals surface area contributed by atoms with E-state index in [-0.39, 0.29) is 0 Å². The van der Waals surface area contributed by atoms with Gasteiger partial charge >= 0.3 is 6.03 Å². The monoisotopic (exact) mass is 179 g/mol. The fraction of sp³-hybridized carbons (Fsp3) is 0.222. The Kier molecular flexibility index (Phi) is 2.74. The molecular formula is C9H11N2O2. The van der Waals surface area contributed by atoms with Crippen molar-refractivity contribution in [3.63, 3.8) is 0 Å². The Morgan fingerprint density at radius 3 is 2.77 bits per heavy atom. The molecule has 0 saturated heterocycles. The predicted molar refractivity (Wildman–Crippen MR) is 49.1 cm³/mol. The molecule has 0 atom stereocenters. The molecule has 1 rings (SSSR count). The van der Waals surface area contributed by atoms with Crippen LogP contribution in [0.25, 0.3) is 0 Å². The van der Waals surface area contributed by atoms with Gasteiger partial charge in [0, 0.05) is 0 Å². The van der Waals surface area contributed by atoms with E-state index in [1.54, 1.807) is 12.1 Å². The lowest BCUT2D eigenvalue weighted by atomic mass is 10.2. The van der Waals surface area contributed by atoms with Gasteiger partial charge in [0.2, 0.25) is 0 Å². The molecule has 69 valence electrons. The largest absolute Gasteiger partial charge is 0.494 e. The number of urea groups is 1. The van der Waals surface area contributed by atoms with Crippen LogP contribution in [0.2, 0.25) is 0 Å². The number of carbonyl (C=O) groups excluding carboxylic acids is 1. The number of nitrogens with zero attached hydrogens (tertiary/aromatic N) is 1. The van der Waals surface area contributed by atoms with Gasteiger partial charge in [0.25, 0.3) is 0 Å². The number of nitrogens with two attached hydrogens (primary N) is 1. The number of aryl methyl sites for hydroxylation is 1. The van der Waals surface area contributed by atoms with Gasteiger partial charge in [-0.25, -0.2) is 4.79 Å². The van der Waals surface area contributed by atoms with Crippen molar-refractivity contribution in [3.8, 4) is 5.75 Å². The molecule has 0 fully saturated rings. The smallest absolute Gasteiger partial charge is 0.338 e. The second kappa shape index (κ2) is 3.80. The Labute approximate surface area is 76.7 Å². The minimum absolute atomic E-state index is 0.468. The van der Waals surface area contributed by atoms with E-state index in [1.165, 1.54) is 7.11 Å². The van der Waals surface area contributed by atoms with Crippen LogP contribution in [0.3, 0.4) is 0 Å². The van der Waals surface area contributed by atoms with Crippen LogP contribution in [-0.2, 0) is 0 Å². The molecule has 0 saturated carbocycles. The van der Waals surface area contributed by atoms with Crippen LogP contribution < -0.4 is 15.8 Å². The standard InChI is InChI=1S/C9H11N2O2/c1-6-3-4-8(13-2)7(5-6)11-9(10)12/h3-5H,1-2H3,(H2,10,12). The van der Waals surface area contributed by atoms with Crippen LogP contribution in [0.15, 0.2) is 18.2 Å². The Morgan fingerprint density at radius 1 is 1.54 bits per heavy atom. The topological polar surface area (TPSA) is 66.4 Å². The Hall–Kier alpha value is -1.71. The maximum absolute atomic E-state index is 10.5. The summed E-state index contributed by atoms with van der Waals surface area (Å²) in [4.78, 5) is 10.5. The molecule has 0 unspecified atom stereocenters. The lowest BCUT2D eigenvalue weighted by molar-refractivity contribution is 0.251. The summed E-state index contributed by atoms with van der Waals surface area (Å²) in [7, 11) is 1.52. The Balaban J connectivity index is 3.01. The summed E-state index contributed by atoms with van der Waals surface area (Å²) >= 11 is 0. The van der Waals surface area contributed by atoms with E-state index in [2.05, 4.69) is 5.32 Å². The number of hydrogen-bond acceptors (Lipinski definition) is 2. The summed E-state index contributed by atoms with van der Waals surface area (Å²) < 4.78 is 5.00. The van der Waals surface area contributed by atoms with Gasteiger partial charge in [0.05, 0.1) is 7.11 Å². The minimum atomic E-state index is -0.719. The Bertz CT molecular complexity index is 323. The molecule has 0 spiro atoms. The number of ether oxygens (including phenoxy) is 1. The average Bonchev–Trinajstić information content (AvgIpc) is 2.03. The first-order chi connectivity index (χ1) is 6.13. The van der Waals surface area contributed by atoms with Crippen LogP contribution in [-0.4, -0.2) is 13.1 Å². The summed E-state index contributed by atoms with van der Waals surface area (Å²) in [6.07, 6.45) is 0. The van der Waals surface area contributed by atoms with Gasteiger partial charge in [0.1, 0.15) is 11.4 Å². The molecule has 1 aromatic carbocycles. The highest BCUT2D eigenvalue weighted by Crippen LogP contribution is 2.24. The summed E-state index contributed by atoms with van der Waals surface area (Å²) in [5.41, 5.74) is 6.41. The van der Waals surface area contributed by atoms with Gasteiger partial charge in [-0.2, -0.15) is 5.32 Å². The number of methoxy groups -OCH3 is 1. The molecule has 0 bridgehead atoms. The molecule has 1 aromatic rings. The van der Waals surface area contributed by atoms with Crippen molar-refractivity contribution in [3.05, 3.63) is 23.8 Å². The molecule has 2 amide bonds. The van der Waals surface area contributed by atoms with Crippen molar-refractivity contribution >= 4 is 11.7 Å². The summed E-state index contributed by atoms with van der Waals surface area (Å²) in [5, 5.41) is 3.60. The summed E-state index contributed by atoms with van der Waals surface area (Å²) in [5.74, 6) is 0.546. The van der Waals surface area contributed by atoms with E-state index in [0.29, 0.717) is 11.4 Å². The number of benzene rings is 1. The molecule has 4 nitrogen and oxygen atoms in total. The number of hydrogen-bond donors (Lipinski definition) is 1. The van der Waals surface area contributed by atoms with Crippen molar-refractivity contribution in [2.45, 2.75) is 6.92 Å². The van der Waals surface area contributed by atoms with Gasteiger partial charge in [-0.3, -0.25) is 0 Å². The second-order valence-corrected chi connectivity index (χ2v) is 2.63. The first-order valence-corrected chi connectivity index (χ1v) is 3.79. The molecule has 2 N–H and O–H groups in total. The molecule has 0 aliphatic carbocycles. The molecule has 0 heterocycles. The number of carbonyl (C=O) groups is 1. The SMILES string of the molecule is COc1ccc(C)cc1[N]C(N)=O. The third-order valence-corrected chi connectivity index (χ3v) is 1.56. The first-order valence-electron chi connectivity index (χ1n) is 3.79. The second-order valence-electron chi connectivity index (χ2n) is 2.63. The zero-order valence-corrected chi connectivity index (χ0v) is 7.57. The van der Waals surface area contributed by atoms with Crippen LogP contribution in [0, 0.1) is 6.92 Å². The van der Waals surface area contributed by atoms with Gasteiger partial charge in [-0.15, -0.1) is 0 Å². The lowest BCUT2D eigenvalue weighted by Gasteiger charge is -2.06. The summed E-state index contributed by atoms with van der Waals surface area (Å²) in [6.45, 7) is 1.90. The highest BCUT2D eigenvalue weighted by atomic mass is 16.5. The quantitative estimate of drug-likeness (QED) is 0.743. The zero-order chi connectivity index (χ0) is 9.84. The predicted octanol–water partition coefficient (Wildman–Crippen LogP) is 1.32. The molecule has 13 heavy (non-hydrogen) atoms.